The van der Waals surface area contributed by atoms with Crippen molar-refractivity contribution in [2.75, 3.05) is 16.9 Å². The van der Waals surface area contributed by atoms with Crippen molar-refractivity contribution >= 4 is 17.4 Å². The molecule has 1 aromatic carbocycles. The fourth-order valence-corrected chi connectivity index (χ4v) is 2.41. The molecule has 3 rings (SSSR count). The Balaban J connectivity index is 1.91. The summed E-state index contributed by atoms with van der Waals surface area (Å²) in [6.07, 6.45) is 1.96. The molecule has 0 bridgehead atoms. The Kier molecular flexibility index (Phi) is 3.30. The molecule has 6 nitrogen and oxygen atoms in total. The van der Waals surface area contributed by atoms with Gasteiger partial charge in [-0.05, 0) is 36.6 Å². The summed E-state index contributed by atoms with van der Waals surface area (Å²) in [4.78, 5) is 14.3. The first kappa shape index (κ1) is 12.6. The highest BCUT2D eigenvalue weighted by Crippen LogP contribution is 2.27. The second kappa shape index (κ2) is 5.26. The molecule has 0 radical (unpaired) electrons. The number of hydrogen-bond donors (Lipinski definition) is 2. The van der Waals surface area contributed by atoms with Gasteiger partial charge < -0.3 is 10.3 Å². The van der Waals surface area contributed by atoms with E-state index in [-0.39, 0.29) is 5.91 Å². The van der Waals surface area contributed by atoms with Crippen LogP contribution >= 0.6 is 0 Å². The van der Waals surface area contributed by atoms with E-state index in [4.69, 9.17) is 5.84 Å². The van der Waals surface area contributed by atoms with Gasteiger partial charge in [0.25, 0.3) is 5.91 Å². The van der Waals surface area contributed by atoms with Crippen LogP contribution in [0.15, 0.2) is 36.4 Å². The molecule has 1 aliphatic rings. The number of carbonyl (C=O) groups is 1. The van der Waals surface area contributed by atoms with Crippen LogP contribution in [0.1, 0.15) is 22.5 Å². The molecule has 1 amide bonds. The number of nitrogens with one attached hydrogen (secondary N) is 1. The van der Waals surface area contributed by atoms with Crippen molar-refractivity contribution in [3.63, 3.8) is 0 Å². The van der Waals surface area contributed by atoms with E-state index in [1.807, 2.05) is 18.2 Å². The van der Waals surface area contributed by atoms with Gasteiger partial charge in [-0.1, -0.05) is 18.2 Å². The summed E-state index contributed by atoms with van der Waals surface area (Å²) in [6.45, 7) is 0.703. The number of aryl methyl sites for hydroxylation is 1. The molecule has 1 aromatic heterocycles. The number of para-hydroxylation sites is 1. The number of hydrazine groups is 1. The van der Waals surface area contributed by atoms with Gasteiger partial charge in [0.15, 0.2) is 11.5 Å². The third kappa shape index (κ3) is 2.21. The molecule has 0 unspecified atom stereocenters. The third-order valence-corrected chi connectivity index (χ3v) is 3.39. The standard InChI is InChI=1S/C14H15N5O/c15-16-13-8-7-11(17-18-13)14(20)19-9-3-5-10-4-1-2-6-12(10)19/h1-2,4,6-8H,3,5,9,15H2,(H,16,18). The second-order valence-electron chi connectivity index (χ2n) is 4.64. The van der Waals surface area contributed by atoms with Crippen LogP contribution in [-0.2, 0) is 6.42 Å². The number of fused-ring (bicyclic) bond motifs is 1. The first-order chi connectivity index (χ1) is 9.79. The number of amides is 1. The van der Waals surface area contributed by atoms with Crippen LogP contribution in [0.2, 0.25) is 0 Å². The highest BCUT2D eigenvalue weighted by Gasteiger charge is 2.24. The van der Waals surface area contributed by atoms with Crippen molar-refractivity contribution < 1.29 is 4.79 Å². The Labute approximate surface area is 116 Å². The Morgan fingerprint density at radius 1 is 1.20 bits per heavy atom. The van der Waals surface area contributed by atoms with E-state index in [1.165, 1.54) is 5.56 Å². The van der Waals surface area contributed by atoms with Crippen LogP contribution in [0, 0.1) is 0 Å². The first-order valence-electron chi connectivity index (χ1n) is 6.50. The Hall–Kier alpha value is -2.47. The van der Waals surface area contributed by atoms with Gasteiger partial charge in [0.2, 0.25) is 0 Å². The monoisotopic (exact) mass is 269 g/mol. The number of nitrogens with zero attached hydrogens (tertiary/aromatic N) is 3. The van der Waals surface area contributed by atoms with Crippen molar-refractivity contribution in [1.29, 1.82) is 0 Å². The predicted molar refractivity (Wildman–Crippen MR) is 76.3 cm³/mol. The van der Waals surface area contributed by atoms with E-state index in [1.54, 1.807) is 17.0 Å². The van der Waals surface area contributed by atoms with Crippen LogP contribution in [-0.4, -0.2) is 22.6 Å². The van der Waals surface area contributed by atoms with Crippen molar-refractivity contribution in [2.45, 2.75) is 12.8 Å². The van der Waals surface area contributed by atoms with Gasteiger partial charge >= 0.3 is 0 Å². The molecule has 0 saturated carbocycles. The van der Waals surface area contributed by atoms with Gasteiger partial charge in [-0.3, -0.25) is 4.79 Å². The van der Waals surface area contributed by atoms with Crippen LogP contribution in [0.3, 0.4) is 0 Å². The van der Waals surface area contributed by atoms with Crippen LogP contribution < -0.4 is 16.2 Å². The fourth-order valence-electron chi connectivity index (χ4n) is 2.41. The molecule has 2 heterocycles. The smallest absolute Gasteiger partial charge is 0.278 e. The maximum Gasteiger partial charge on any atom is 0.278 e. The zero-order valence-electron chi connectivity index (χ0n) is 10.9. The van der Waals surface area contributed by atoms with Gasteiger partial charge in [-0.2, -0.15) is 0 Å². The molecule has 6 heteroatoms. The minimum absolute atomic E-state index is 0.131. The van der Waals surface area contributed by atoms with Gasteiger partial charge in [0.1, 0.15) is 0 Å². The molecule has 0 spiro atoms. The van der Waals surface area contributed by atoms with E-state index >= 15 is 0 Å². The molecule has 0 aliphatic carbocycles. The summed E-state index contributed by atoms with van der Waals surface area (Å²) >= 11 is 0. The molecule has 0 fully saturated rings. The van der Waals surface area contributed by atoms with E-state index in [2.05, 4.69) is 21.7 Å². The zero-order valence-corrected chi connectivity index (χ0v) is 10.9. The van der Waals surface area contributed by atoms with Crippen molar-refractivity contribution in [1.82, 2.24) is 10.2 Å². The van der Waals surface area contributed by atoms with Gasteiger partial charge in [0, 0.05) is 12.2 Å². The Morgan fingerprint density at radius 3 is 2.80 bits per heavy atom. The largest absolute Gasteiger partial charge is 0.307 e. The number of rotatable bonds is 2. The SMILES string of the molecule is NNc1ccc(C(=O)N2CCCc3ccccc32)nn1. The number of anilines is 2. The first-order valence-corrected chi connectivity index (χ1v) is 6.50. The lowest BCUT2D eigenvalue weighted by Crippen LogP contribution is -2.36. The number of carbonyl (C=O) groups excluding carboxylic acids is 1. The number of aromatic nitrogens is 2. The summed E-state index contributed by atoms with van der Waals surface area (Å²) in [5.74, 6) is 5.53. The van der Waals surface area contributed by atoms with Gasteiger partial charge in [0.05, 0.1) is 0 Å². The lowest BCUT2D eigenvalue weighted by molar-refractivity contribution is 0.0979. The zero-order chi connectivity index (χ0) is 13.9. The topological polar surface area (TPSA) is 84.1 Å². The molecule has 20 heavy (non-hydrogen) atoms. The summed E-state index contributed by atoms with van der Waals surface area (Å²) in [5, 5.41) is 7.75. The van der Waals surface area contributed by atoms with E-state index in [0.29, 0.717) is 18.1 Å². The highest BCUT2D eigenvalue weighted by molar-refractivity contribution is 6.05. The molecule has 1 aliphatic heterocycles. The number of nitrogen functional groups attached to an aromatic ring is 1. The molecule has 102 valence electrons. The Morgan fingerprint density at radius 2 is 2.05 bits per heavy atom. The molecule has 0 atom stereocenters. The molecule has 0 saturated heterocycles. The molecule has 3 N–H and O–H groups in total. The minimum atomic E-state index is -0.131. The van der Waals surface area contributed by atoms with E-state index in [0.717, 1.165) is 18.5 Å². The summed E-state index contributed by atoms with van der Waals surface area (Å²) < 4.78 is 0. The third-order valence-electron chi connectivity index (χ3n) is 3.39. The maximum atomic E-state index is 12.5. The lowest BCUT2D eigenvalue weighted by Gasteiger charge is -2.29. The molecular weight excluding hydrogens is 254 g/mol. The van der Waals surface area contributed by atoms with Crippen molar-refractivity contribution in [3.05, 3.63) is 47.7 Å². The Bertz CT molecular complexity index is 626. The fraction of sp³-hybridized carbons (Fsp3) is 0.214. The quantitative estimate of drug-likeness (QED) is 0.635. The average Bonchev–Trinajstić information content (AvgIpc) is 2.54. The normalized spacial score (nSPS) is 13.8. The number of nitrogens with two attached hydrogens (primary N) is 1. The van der Waals surface area contributed by atoms with Crippen LogP contribution in [0.25, 0.3) is 0 Å². The second-order valence-corrected chi connectivity index (χ2v) is 4.64. The van der Waals surface area contributed by atoms with Crippen LogP contribution in [0.5, 0.6) is 0 Å². The number of benzene rings is 1. The predicted octanol–water partition coefficient (Wildman–Crippen LogP) is 1.36. The molecule has 2 aromatic rings. The summed E-state index contributed by atoms with van der Waals surface area (Å²) in [5.41, 5.74) is 4.87. The highest BCUT2D eigenvalue weighted by atomic mass is 16.2. The van der Waals surface area contributed by atoms with Gasteiger partial charge in [-0.15, -0.1) is 10.2 Å². The summed E-state index contributed by atoms with van der Waals surface area (Å²) in [7, 11) is 0. The number of hydrogen-bond acceptors (Lipinski definition) is 5. The minimum Gasteiger partial charge on any atom is -0.307 e. The lowest BCUT2D eigenvalue weighted by atomic mass is 10.0. The van der Waals surface area contributed by atoms with Crippen LogP contribution in [0.4, 0.5) is 11.5 Å². The average molecular weight is 269 g/mol. The van der Waals surface area contributed by atoms with E-state index < -0.39 is 0 Å². The van der Waals surface area contributed by atoms with Crippen molar-refractivity contribution in [3.8, 4) is 0 Å². The van der Waals surface area contributed by atoms with Gasteiger partial charge in [-0.25, -0.2) is 5.84 Å². The summed E-state index contributed by atoms with van der Waals surface area (Å²) in [6, 6.07) is 11.2. The molecular formula is C14H15N5O. The van der Waals surface area contributed by atoms with Crippen molar-refractivity contribution in [2.24, 2.45) is 5.84 Å². The van der Waals surface area contributed by atoms with E-state index in [9.17, 15) is 4.79 Å². The maximum absolute atomic E-state index is 12.5.